The van der Waals surface area contributed by atoms with Crippen LogP contribution >= 0.6 is 0 Å². The molecular weight excluding hydrogens is 184 g/mol. The average molecular weight is 194 g/mol. The zero-order chi connectivity index (χ0) is 10.3. The first-order valence-corrected chi connectivity index (χ1v) is 4.99. The quantitative estimate of drug-likeness (QED) is 0.636. The Kier molecular flexibility index (Phi) is 5.40. The van der Waals surface area contributed by atoms with E-state index in [2.05, 4.69) is 18.1 Å². The van der Waals surface area contributed by atoms with Gasteiger partial charge in [0.25, 0.3) is 0 Å². The molecule has 1 rings (SSSR count). The van der Waals surface area contributed by atoms with Crippen molar-refractivity contribution in [2.75, 3.05) is 6.26 Å². The molecule has 0 saturated heterocycles. The summed E-state index contributed by atoms with van der Waals surface area (Å²) in [6.07, 6.45) is 2.96. The summed E-state index contributed by atoms with van der Waals surface area (Å²) in [7, 11) is -1.06. The van der Waals surface area contributed by atoms with Gasteiger partial charge in [0.05, 0.1) is 16.4 Å². The van der Waals surface area contributed by atoms with Crippen LogP contribution in [0.4, 0.5) is 0 Å². The number of hydrogen-bond acceptors (Lipinski definition) is 3. The van der Waals surface area contributed by atoms with Gasteiger partial charge in [-0.25, -0.2) is 4.98 Å². The van der Waals surface area contributed by atoms with Crippen LogP contribution in [0.15, 0.2) is 36.5 Å². The third-order valence-electron chi connectivity index (χ3n) is 1.16. The average Bonchev–Trinajstić information content (AvgIpc) is 2.21. The van der Waals surface area contributed by atoms with Crippen molar-refractivity contribution >= 4 is 10.8 Å². The number of nitriles is 1. The van der Waals surface area contributed by atoms with Crippen molar-refractivity contribution in [1.82, 2.24) is 4.98 Å². The SMILES string of the molecule is C=C.CS(=O)c1ccc(C#N)cn1. The first-order chi connectivity index (χ1) is 6.24. The summed E-state index contributed by atoms with van der Waals surface area (Å²) in [5.41, 5.74) is 0.485. The van der Waals surface area contributed by atoms with E-state index in [1.807, 2.05) is 6.07 Å². The lowest BCUT2D eigenvalue weighted by atomic mass is 10.3. The Balaban J connectivity index is 0.000000671. The van der Waals surface area contributed by atoms with Gasteiger partial charge in [0.2, 0.25) is 0 Å². The maximum Gasteiger partial charge on any atom is 0.127 e. The molecule has 0 aliphatic heterocycles. The largest absolute Gasteiger partial charge is 0.253 e. The zero-order valence-corrected chi connectivity index (χ0v) is 8.17. The highest BCUT2D eigenvalue weighted by molar-refractivity contribution is 7.84. The number of aromatic nitrogens is 1. The monoisotopic (exact) mass is 194 g/mol. The molecule has 0 fully saturated rings. The van der Waals surface area contributed by atoms with E-state index < -0.39 is 10.8 Å². The molecule has 3 nitrogen and oxygen atoms in total. The molecule has 0 saturated carbocycles. The molecule has 0 bridgehead atoms. The van der Waals surface area contributed by atoms with Gasteiger partial charge in [0.15, 0.2) is 0 Å². The van der Waals surface area contributed by atoms with Crippen molar-refractivity contribution in [3.05, 3.63) is 37.1 Å². The molecule has 0 aromatic carbocycles. The fourth-order valence-corrected chi connectivity index (χ4v) is 1.08. The Bertz CT molecular complexity index is 326. The second-order valence-electron chi connectivity index (χ2n) is 1.95. The molecule has 0 radical (unpaired) electrons. The summed E-state index contributed by atoms with van der Waals surface area (Å²) < 4.78 is 10.8. The molecule has 0 aliphatic carbocycles. The van der Waals surface area contributed by atoms with E-state index in [0.29, 0.717) is 10.6 Å². The Morgan fingerprint density at radius 3 is 2.46 bits per heavy atom. The van der Waals surface area contributed by atoms with Crippen molar-refractivity contribution in [3.8, 4) is 6.07 Å². The van der Waals surface area contributed by atoms with Gasteiger partial charge in [-0.3, -0.25) is 4.21 Å². The van der Waals surface area contributed by atoms with Gasteiger partial charge in [0, 0.05) is 12.5 Å². The molecule has 0 N–H and O–H groups in total. The highest BCUT2D eigenvalue weighted by Crippen LogP contribution is 2.01. The van der Waals surface area contributed by atoms with Crippen LogP contribution in [0.2, 0.25) is 0 Å². The topological polar surface area (TPSA) is 53.8 Å². The van der Waals surface area contributed by atoms with Gasteiger partial charge >= 0.3 is 0 Å². The van der Waals surface area contributed by atoms with Gasteiger partial charge in [-0.15, -0.1) is 13.2 Å². The van der Waals surface area contributed by atoms with E-state index in [-0.39, 0.29) is 0 Å². The van der Waals surface area contributed by atoms with E-state index >= 15 is 0 Å². The highest BCUT2D eigenvalue weighted by atomic mass is 32.2. The van der Waals surface area contributed by atoms with Gasteiger partial charge in [0.1, 0.15) is 11.1 Å². The Labute approximate surface area is 80.2 Å². The van der Waals surface area contributed by atoms with Crippen molar-refractivity contribution in [3.63, 3.8) is 0 Å². The minimum atomic E-state index is -1.06. The van der Waals surface area contributed by atoms with Crippen molar-refractivity contribution in [1.29, 1.82) is 5.26 Å². The second kappa shape index (κ2) is 6.09. The lowest BCUT2D eigenvalue weighted by molar-refractivity contribution is 0.684. The molecule has 0 spiro atoms. The first-order valence-electron chi connectivity index (χ1n) is 3.43. The summed E-state index contributed by atoms with van der Waals surface area (Å²) in [6, 6.07) is 5.12. The van der Waals surface area contributed by atoms with Crippen LogP contribution in [0.25, 0.3) is 0 Å². The Hall–Kier alpha value is -1.47. The molecule has 0 aliphatic rings. The van der Waals surface area contributed by atoms with Crippen LogP contribution in [-0.4, -0.2) is 15.4 Å². The fraction of sp³-hybridized carbons (Fsp3) is 0.111. The fourth-order valence-electron chi connectivity index (χ4n) is 0.616. The standard InChI is InChI=1S/C7H6N2OS.C2H4/c1-11(10)7-3-2-6(4-8)5-9-7;1-2/h2-3,5H,1H3;1-2H2. The third kappa shape index (κ3) is 3.63. The summed E-state index contributed by atoms with van der Waals surface area (Å²) in [5, 5.41) is 8.90. The molecular formula is C9H10N2OS. The maximum absolute atomic E-state index is 10.8. The molecule has 1 aromatic rings. The minimum absolute atomic E-state index is 0.485. The van der Waals surface area contributed by atoms with E-state index in [1.165, 1.54) is 6.20 Å². The second-order valence-corrected chi connectivity index (χ2v) is 3.28. The molecule has 0 amide bonds. The van der Waals surface area contributed by atoms with E-state index in [4.69, 9.17) is 5.26 Å². The van der Waals surface area contributed by atoms with Crippen molar-refractivity contribution < 1.29 is 4.21 Å². The molecule has 13 heavy (non-hydrogen) atoms. The van der Waals surface area contributed by atoms with Crippen LogP contribution < -0.4 is 0 Å². The number of rotatable bonds is 1. The first kappa shape index (κ1) is 11.5. The van der Waals surface area contributed by atoms with Gasteiger partial charge in [-0.2, -0.15) is 5.26 Å². The van der Waals surface area contributed by atoms with Crippen LogP contribution in [0.3, 0.4) is 0 Å². The summed E-state index contributed by atoms with van der Waals surface area (Å²) in [5.74, 6) is 0. The summed E-state index contributed by atoms with van der Waals surface area (Å²) in [6.45, 7) is 6.00. The predicted octanol–water partition coefficient (Wildman–Crippen LogP) is 1.49. The smallest absolute Gasteiger partial charge is 0.127 e. The van der Waals surface area contributed by atoms with Crippen LogP contribution in [0, 0.1) is 11.3 Å². The van der Waals surface area contributed by atoms with Crippen LogP contribution in [-0.2, 0) is 10.8 Å². The lowest BCUT2D eigenvalue weighted by Gasteiger charge is -1.92. The Morgan fingerprint density at radius 2 is 2.15 bits per heavy atom. The van der Waals surface area contributed by atoms with Crippen LogP contribution in [0.5, 0.6) is 0 Å². The lowest BCUT2D eigenvalue weighted by Crippen LogP contribution is -1.91. The van der Waals surface area contributed by atoms with Gasteiger partial charge < -0.3 is 0 Å². The summed E-state index contributed by atoms with van der Waals surface area (Å²) in [4.78, 5) is 3.83. The summed E-state index contributed by atoms with van der Waals surface area (Å²) >= 11 is 0. The zero-order valence-electron chi connectivity index (χ0n) is 7.36. The Morgan fingerprint density at radius 1 is 1.54 bits per heavy atom. The van der Waals surface area contributed by atoms with E-state index in [1.54, 1.807) is 18.4 Å². The molecule has 1 heterocycles. The van der Waals surface area contributed by atoms with Gasteiger partial charge in [-0.05, 0) is 12.1 Å². The van der Waals surface area contributed by atoms with Crippen molar-refractivity contribution in [2.24, 2.45) is 0 Å². The molecule has 1 atom stereocenters. The molecule has 68 valence electrons. The molecule has 1 unspecified atom stereocenters. The molecule has 1 aromatic heterocycles. The minimum Gasteiger partial charge on any atom is -0.253 e. The van der Waals surface area contributed by atoms with Crippen molar-refractivity contribution in [2.45, 2.75) is 5.03 Å². The van der Waals surface area contributed by atoms with E-state index in [0.717, 1.165) is 0 Å². The number of hydrogen-bond donors (Lipinski definition) is 0. The number of nitrogens with zero attached hydrogens (tertiary/aromatic N) is 2. The third-order valence-corrected chi connectivity index (χ3v) is 1.99. The maximum atomic E-state index is 10.8. The predicted molar refractivity (Wildman–Crippen MR) is 52.5 cm³/mol. The molecule has 4 heteroatoms. The normalized spacial score (nSPS) is 10.5. The van der Waals surface area contributed by atoms with Crippen LogP contribution in [0.1, 0.15) is 5.56 Å². The highest BCUT2D eigenvalue weighted by Gasteiger charge is 1.97. The number of pyridine rings is 1. The van der Waals surface area contributed by atoms with E-state index in [9.17, 15) is 4.21 Å². The van der Waals surface area contributed by atoms with Gasteiger partial charge in [-0.1, -0.05) is 0 Å².